The van der Waals surface area contributed by atoms with E-state index in [4.69, 9.17) is 23.2 Å². The van der Waals surface area contributed by atoms with Crippen molar-refractivity contribution in [2.75, 3.05) is 10.6 Å². The van der Waals surface area contributed by atoms with E-state index in [9.17, 15) is 9.59 Å². The molecular weight excluding hydrogens is 431 g/mol. The monoisotopic (exact) mass is 462 g/mol. The third-order valence-corrected chi connectivity index (χ3v) is 6.07. The normalized spacial score (nSPS) is 11.3. The van der Waals surface area contributed by atoms with Crippen LogP contribution in [0.1, 0.15) is 77.3 Å². The van der Waals surface area contributed by atoms with E-state index >= 15 is 0 Å². The lowest BCUT2D eigenvalue weighted by Gasteiger charge is -2.27. The second kappa shape index (κ2) is 11.5. The fraction of sp³-hybridized carbons (Fsp3) is 0.440. The second-order valence-corrected chi connectivity index (χ2v) is 9.13. The standard InChI is InChI=1S/C25H32Cl2N2O2/c1-5-7-9-23(30)28-21-13-11-17(15-19(21)26)25(3,4)18-12-14-22(20(27)16-18)29-24(31)10-8-6-2/h11-16H,5-10H2,1-4H3,(H,28,30)(H,29,31). The predicted molar refractivity (Wildman–Crippen MR) is 131 cm³/mol. The van der Waals surface area contributed by atoms with Gasteiger partial charge < -0.3 is 10.6 Å². The number of benzene rings is 2. The molecule has 0 aliphatic rings. The average molecular weight is 463 g/mol. The van der Waals surface area contributed by atoms with Crippen LogP contribution < -0.4 is 10.6 Å². The number of hydrogen-bond donors (Lipinski definition) is 2. The van der Waals surface area contributed by atoms with Crippen molar-refractivity contribution in [2.45, 2.75) is 71.6 Å². The Balaban J connectivity index is 2.19. The molecule has 0 aliphatic carbocycles. The summed E-state index contributed by atoms with van der Waals surface area (Å²) in [6.07, 6.45) is 4.62. The molecule has 0 heterocycles. The molecule has 4 nitrogen and oxygen atoms in total. The molecule has 0 spiro atoms. The molecule has 0 saturated carbocycles. The Hall–Kier alpha value is -2.04. The zero-order chi connectivity index (χ0) is 23.0. The third-order valence-electron chi connectivity index (χ3n) is 5.44. The molecule has 0 saturated heterocycles. The molecule has 0 fully saturated rings. The second-order valence-electron chi connectivity index (χ2n) is 8.32. The van der Waals surface area contributed by atoms with E-state index in [1.165, 1.54) is 0 Å². The minimum Gasteiger partial charge on any atom is -0.325 e. The van der Waals surface area contributed by atoms with Gasteiger partial charge in [-0.15, -0.1) is 0 Å². The van der Waals surface area contributed by atoms with Gasteiger partial charge in [-0.2, -0.15) is 0 Å². The molecule has 0 aliphatic heterocycles. The van der Waals surface area contributed by atoms with E-state index in [-0.39, 0.29) is 17.2 Å². The number of rotatable bonds is 10. The zero-order valence-electron chi connectivity index (χ0n) is 18.8. The minimum absolute atomic E-state index is 0.0286. The summed E-state index contributed by atoms with van der Waals surface area (Å²) in [5.41, 5.74) is 2.86. The van der Waals surface area contributed by atoms with Crippen molar-refractivity contribution >= 4 is 46.4 Å². The van der Waals surface area contributed by atoms with Crippen LogP contribution in [0.15, 0.2) is 36.4 Å². The van der Waals surface area contributed by atoms with Gasteiger partial charge in [0.1, 0.15) is 0 Å². The van der Waals surface area contributed by atoms with E-state index in [2.05, 4.69) is 38.3 Å². The number of carbonyl (C=O) groups excluding carboxylic acids is 2. The first-order valence-corrected chi connectivity index (χ1v) is 11.6. The number of amides is 2. The van der Waals surface area contributed by atoms with Crippen molar-refractivity contribution in [3.8, 4) is 0 Å². The highest BCUT2D eigenvalue weighted by Gasteiger charge is 2.25. The summed E-state index contributed by atoms with van der Waals surface area (Å²) < 4.78 is 0. The summed E-state index contributed by atoms with van der Waals surface area (Å²) in [6.45, 7) is 8.28. The fourth-order valence-electron chi connectivity index (χ4n) is 3.28. The summed E-state index contributed by atoms with van der Waals surface area (Å²) in [5, 5.41) is 6.76. The van der Waals surface area contributed by atoms with Crippen molar-refractivity contribution < 1.29 is 9.59 Å². The van der Waals surface area contributed by atoms with E-state index in [1.807, 2.05) is 36.4 Å². The van der Waals surface area contributed by atoms with Crippen molar-refractivity contribution in [3.05, 3.63) is 57.6 Å². The third kappa shape index (κ3) is 6.98. The number of unbranched alkanes of at least 4 members (excludes halogenated alkanes) is 2. The summed E-state index contributed by atoms with van der Waals surface area (Å²) >= 11 is 12.9. The van der Waals surface area contributed by atoms with Gasteiger partial charge in [-0.3, -0.25) is 9.59 Å². The summed E-state index contributed by atoms with van der Waals surface area (Å²) in [5.74, 6) is -0.0572. The molecule has 0 radical (unpaired) electrons. The van der Waals surface area contributed by atoms with Crippen LogP contribution >= 0.6 is 23.2 Å². The molecular formula is C25H32Cl2N2O2. The van der Waals surface area contributed by atoms with E-state index in [0.29, 0.717) is 34.3 Å². The molecule has 6 heteroatoms. The van der Waals surface area contributed by atoms with E-state index in [0.717, 1.165) is 36.8 Å². The van der Waals surface area contributed by atoms with Crippen molar-refractivity contribution in [1.29, 1.82) is 0 Å². The maximum Gasteiger partial charge on any atom is 0.224 e. The molecule has 0 atom stereocenters. The molecule has 0 bridgehead atoms. The Labute approximate surface area is 195 Å². The highest BCUT2D eigenvalue weighted by Crippen LogP contribution is 2.37. The van der Waals surface area contributed by atoms with Crippen LogP contribution in [0.2, 0.25) is 10.0 Å². The average Bonchev–Trinajstić information content (AvgIpc) is 2.73. The van der Waals surface area contributed by atoms with Gasteiger partial charge in [0, 0.05) is 18.3 Å². The molecule has 0 aromatic heterocycles. The molecule has 2 aromatic carbocycles. The molecule has 0 unspecified atom stereocenters. The SMILES string of the molecule is CCCCC(=O)Nc1ccc(C(C)(C)c2ccc(NC(=O)CCCC)c(Cl)c2)cc1Cl. The lowest BCUT2D eigenvalue weighted by Crippen LogP contribution is -2.20. The Kier molecular flexibility index (Phi) is 9.39. The van der Waals surface area contributed by atoms with E-state index < -0.39 is 0 Å². The minimum atomic E-state index is -0.372. The first kappa shape index (κ1) is 25.2. The Morgan fingerprint density at radius 3 is 1.48 bits per heavy atom. The fourth-order valence-corrected chi connectivity index (χ4v) is 3.73. The van der Waals surface area contributed by atoms with Gasteiger partial charge in [0.15, 0.2) is 0 Å². The number of halogens is 2. The number of carbonyl (C=O) groups is 2. The van der Waals surface area contributed by atoms with Gasteiger partial charge in [-0.25, -0.2) is 0 Å². The highest BCUT2D eigenvalue weighted by atomic mass is 35.5. The number of hydrogen-bond acceptors (Lipinski definition) is 2. The van der Waals surface area contributed by atoms with Gasteiger partial charge in [0.25, 0.3) is 0 Å². The van der Waals surface area contributed by atoms with Crippen molar-refractivity contribution in [1.82, 2.24) is 0 Å². The zero-order valence-corrected chi connectivity index (χ0v) is 20.3. The molecule has 168 valence electrons. The molecule has 31 heavy (non-hydrogen) atoms. The van der Waals surface area contributed by atoms with Gasteiger partial charge >= 0.3 is 0 Å². The largest absolute Gasteiger partial charge is 0.325 e. The summed E-state index contributed by atoms with van der Waals surface area (Å²) in [4.78, 5) is 24.0. The van der Waals surface area contributed by atoms with E-state index in [1.54, 1.807) is 0 Å². The van der Waals surface area contributed by atoms with Gasteiger partial charge in [0.05, 0.1) is 21.4 Å². The van der Waals surface area contributed by atoms with Crippen LogP contribution in [0.25, 0.3) is 0 Å². The van der Waals surface area contributed by atoms with Crippen LogP contribution in [0, 0.1) is 0 Å². The van der Waals surface area contributed by atoms with Crippen molar-refractivity contribution in [3.63, 3.8) is 0 Å². The Bertz CT molecular complexity index is 852. The first-order chi connectivity index (χ1) is 14.7. The van der Waals surface area contributed by atoms with Gasteiger partial charge in [0.2, 0.25) is 11.8 Å². The van der Waals surface area contributed by atoms with Crippen molar-refractivity contribution in [2.24, 2.45) is 0 Å². The maximum atomic E-state index is 12.0. The van der Waals surface area contributed by atoms with Crippen LogP contribution in [0.5, 0.6) is 0 Å². The summed E-state index contributed by atoms with van der Waals surface area (Å²) in [7, 11) is 0. The Morgan fingerprint density at radius 1 is 0.774 bits per heavy atom. The smallest absolute Gasteiger partial charge is 0.224 e. The first-order valence-electron chi connectivity index (χ1n) is 10.9. The van der Waals surface area contributed by atoms with Crippen LogP contribution in [0.3, 0.4) is 0 Å². The van der Waals surface area contributed by atoms with Crippen LogP contribution in [0.4, 0.5) is 11.4 Å². The predicted octanol–water partition coefficient (Wildman–Crippen LogP) is 7.58. The van der Waals surface area contributed by atoms with Gasteiger partial charge in [-0.1, -0.05) is 75.9 Å². The number of anilines is 2. The van der Waals surface area contributed by atoms with Crippen LogP contribution in [-0.4, -0.2) is 11.8 Å². The molecule has 2 rings (SSSR count). The molecule has 2 N–H and O–H groups in total. The lowest BCUT2D eigenvalue weighted by molar-refractivity contribution is -0.117. The Morgan fingerprint density at radius 2 is 1.16 bits per heavy atom. The maximum absolute atomic E-state index is 12.0. The summed E-state index contributed by atoms with van der Waals surface area (Å²) in [6, 6.07) is 11.4. The van der Waals surface area contributed by atoms with Gasteiger partial charge in [-0.05, 0) is 48.2 Å². The molecule has 2 amide bonds. The topological polar surface area (TPSA) is 58.2 Å². The quantitative estimate of drug-likeness (QED) is 0.382. The van der Waals surface area contributed by atoms with Crippen LogP contribution in [-0.2, 0) is 15.0 Å². The highest BCUT2D eigenvalue weighted by molar-refractivity contribution is 6.34. The molecule has 2 aromatic rings. The lowest BCUT2D eigenvalue weighted by atomic mass is 9.78. The number of nitrogens with one attached hydrogen (secondary N) is 2.